The molecule has 0 amide bonds. The van der Waals surface area contributed by atoms with Crippen LogP contribution in [0.3, 0.4) is 0 Å². The lowest BCUT2D eigenvalue weighted by Crippen LogP contribution is -2.23. The van der Waals surface area contributed by atoms with Crippen molar-refractivity contribution >= 4 is 35.0 Å². The third-order valence-corrected chi connectivity index (χ3v) is 4.10. The maximum Gasteiger partial charge on any atom is 0.0603 e. The second-order valence-electron chi connectivity index (χ2n) is 4.24. The van der Waals surface area contributed by atoms with Crippen LogP contribution in [-0.2, 0) is 0 Å². The monoisotopic (exact) mass is 291 g/mol. The predicted octanol–water partition coefficient (Wildman–Crippen LogP) is 4.86. The van der Waals surface area contributed by atoms with E-state index in [1.54, 1.807) is 0 Å². The summed E-state index contributed by atoms with van der Waals surface area (Å²) in [5.74, 6) is 1.12. The van der Waals surface area contributed by atoms with E-state index in [9.17, 15) is 0 Å². The lowest BCUT2D eigenvalue weighted by molar-refractivity contribution is 0.567. The highest BCUT2D eigenvalue weighted by Crippen LogP contribution is 2.28. The van der Waals surface area contributed by atoms with E-state index in [1.807, 2.05) is 30.0 Å². The van der Waals surface area contributed by atoms with E-state index in [0.29, 0.717) is 16.1 Å². The average Bonchev–Trinajstić information content (AvgIpc) is 2.27. The Morgan fingerprint density at radius 2 is 1.94 bits per heavy atom. The van der Waals surface area contributed by atoms with Gasteiger partial charge in [0.15, 0.2) is 0 Å². The summed E-state index contributed by atoms with van der Waals surface area (Å²) in [4.78, 5) is 1.19. The smallest absolute Gasteiger partial charge is 0.0603 e. The van der Waals surface area contributed by atoms with E-state index in [2.05, 4.69) is 19.2 Å². The molecule has 1 rings (SSSR count). The van der Waals surface area contributed by atoms with Gasteiger partial charge in [-0.15, -0.1) is 11.8 Å². The number of benzene rings is 1. The number of nitrogens with one attached hydrogen (secondary N) is 1. The van der Waals surface area contributed by atoms with Crippen molar-refractivity contribution in [1.82, 2.24) is 5.32 Å². The van der Waals surface area contributed by atoms with E-state index in [0.717, 1.165) is 12.3 Å². The van der Waals surface area contributed by atoms with Crippen molar-refractivity contribution in [1.29, 1.82) is 0 Å². The van der Waals surface area contributed by atoms with Crippen LogP contribution in [0.4, 0.5) is 0 Å². The second-order valence-corrected chi connectivity index (χ2v) is 6.22. The Morgan fingerprint density at radius 3 is 2.59 bits per heavy atom. The lowest BCUT2D eigenvalue weighted by atomic mass is 10.3. The summed E-state index contributed by atoms with van der Waals surface area (Å²) in [6.07, 6.45) is 2.43. The topological polar surface area (TPSA) is 12.0 Å². The number of thioether (sulfide) groups is 1. The molecule has 0 unspecified atom stereocenters. The van der Waals surface area contributed by atoms with Crippen molar-refractivity contribution in [3.05, 3.63) is 28.2 Å². The van der Waals surface area contributed by atoms with Crippen LogP contribution in [0, 0.1) is 0 Å². The van der Waals surface area contributed by atoms with Gasteiger partial charge in [-0.1, -0.05) is 37.0 Å². The Balaban J connectivity index is 2.16. The molecular formula is C13H19Cl2NS. The molecule has 0 heterocycles. The Morgan fingerprint density at radius 1 is 1.18 bits per heavy atom. The van der Waals surface area contributed by atoms with Gasteiger partial charge in [-0.3, -0.25) is 0 Å². The summed E-state index contributed by atoms with van der Waals surface area (Å²) in [6.45, 7) is 5.44. The second kappa shape index (κ2) is 8.25. The van der Waals surface area contributed by atoms with E-state index in [1.165, 1.54) is 17.7 Å². The van der Waals surface area contributed by atoms with Crippen LogP contribution in [0.15, 0.2) is 23.1 Å². The fraction of sp³-hybridized carbons (Fsp3) is 0.538. The molecule has 4 heteroatoms. The summed E-state index contributed by atoms with van der Waals surface area (Å²) in [5.41, 5.74) is 0. The SMILES string of the molecule is CC(C)NCCCCSc1ccc(Cl)c(Cl)c1. The van der Waals surface area contributed by atoms with Crippen molar-refractivity contribution in [2.24, 2.45) is 0 Å². The third kappa shape index (κ3) is 6.56. The van der Waals surface area contributed by atoms with Gasteiger partial charge in [0.1, 0.15) is 0 Å². The maximum atomic E-state index is 5.96. The van der Waals surface area contributed by atoms with Crippen molar-refractivity contribution in [3.8, 4) is 0 Å². The number of halogens is 2. The molecule has 0 spiro atoms. The summed E-state index contributed by atoms with van der Waals surface area (Å²) in [7, 11) is 0. The highest BCUT2D eigenvalue weighted by Gasteiger charge is 2.00. The number of hydrogen-bond acceptors (Lipinski definition) is 2. The molecule has 0 fully saturated rings. The standard InChI is InChI=1S/C13H19Cl2NS/c1-10(2)16-7-3-4-8-17-11-5-6-12(14)13(15)9-11/h5-6,9-10,16H,3-4,7-8H2,1-2H3. The molecule has 0 bridgehead atoms. The minimum Gasteiger partial charge on any atom is -0.315 e. The minimum atomic E-state index is 0.581. The molecule has 96 valence electrons. The molecule has 0 radical (unpaired) electrons. The van der Waals surface area contributed by atoms with Crippen LogP contribution in [0.2, 0.25) is 10.0 Å². The van der Waals surface area contributed by atoms with Crippen LogP contribution < -0.4 is 5.32 Å². The number of rotatable bonds is 7. The van der Waals surface area contributed by atoms with Crippen molar-refractivity contribution in [3.63, 3.8) is 0 Å². The predicted molar refractivity (Wildman–Crippen MR) is 79.6 cm³/mol. The van der Waals surface area contributed by atoms with Crippen molar-refractivity contribution < 1.29 is 0 Å². The molecule has 1 aromatic rings. The highest BCUT2D eigenvalue weighted by molar-refractivity contribution is 7.99. The van der Waals surface area contributed by atoms with E-state index >= 15 is 0 Å². The van der Waals surface area contributed by atoms with Gasteiger partial charge >= 0.3 is 0 Å². The zero-order chi connectivity index (χ0) is 12.7. The number of hydrogen-bond donors (Lipinski definition) is 1. The quantitative estimate of drug-likeness (QED) is 0.568. The molecule has 0 aliphatic carbocycles. The van der Waals surface area contributed by atoms with Crippen LogP contribution in [-0.4, -0.2) is 18.3 Å². The molecule has 0 saturated carbocycles. The molecule has 0 atom stereocenters. The van der Waals surface area contributed by atoms with Gasteiger partial charge in [-0.25, -0.2) is 0 Å². The molecule has 1 N–H and O–H groups in total. The Hall–Kier alpha value is 0.110. The Labute approximate surface area is 118 Å². The molecule has 17 heavy (non-hydrogen) atoms. The van der Waals surface area contributed by atoms with Crippen molar-refractivity contribution in [2.75, 3.05) is 12.3 Å². The first-order valence-electron chi connectivity index (χ1n) is 5.91. The van der Waals surface area contributed by atoms with Gasteiger partial charge in [0.25, 0.3) is 0 Å². The summed E-state index contributed by atoms with van der Waals surface area (Å²) < 4.78 is 0. The highest BCUT2D eigenvalue weighted by atomic mass is 35.5. The first-order valence-corrected chi connectivity index (χ1v) is 7.65. The van der Waals surface area contributed by atoms with Crippen LogP contribution in [0.5, 0.6) is 0 Å². The normalized spacial score (nSPS) is 11.1. The molecule has 1 aromatic carbocycles. The first kappa shape index (κ1) is 15.2. The van der Waals surface area contributed by atoms with Gasteiger partial charge in [-0.2, -0.15) is 0 Å². The molecule has 0 aliphatic rings. The summed E-state index contributed by atoms with van der Waals surface area (Å²) in [6, 6.07) is 6.39. The minimum absolute atomic E-state index is 0.581. The summed E-state index contributed by atoms with van der Waals surface area (Å²) >= 11 is 13.7. The van der Waals surface area contributed by atoms with Gasteiger partial charge in [0.05, 0.1) is 10.0 Å². The third-order valence-electron chi connectivity index (χ3n) is 2.28. The van der Waals surface area contributed by atoms with Crippen molar-refractivity contribution in [2.45, 2.75) is 37.6 Å². The van der Waals surface area contributed by atoms with E-state index in [-0.39, 0.29) is 0 Å². The van der Waals surface area contributed by atoms with Gasteiger partial charge in [0, 0.05) is 10.9 Å². The Kier molecular flexibility index (Phi) is 7.36. The van der Waals surface area contributed by atoms with Crippen LogP contribution >= 0.6 is 35.0 Å². The first-order chi connectivity index (χ1) is 8.09. The average molecular weight is 292 g/mol. The van der Waals surface area contributed by atoms with Gasteiger partial charge in [-0.05, 0) is 43.3 Å². The molecule has 1 nitrogen and oxygen atoms in total. The largest absolute Gasteiger partial charge is 0.315 e. The zero-order valence-corrected chi connectivity index (χ0v) is 12.6. The van der Waals surface area contributed by atoms with E-state index in [4.69, 9.17) is 23.2 Å². The molecule has 0 aliphatic heterocycles. The molecule has 0 aromatic heterocycles. The summed E-state index contributed by atoms with van der Waals surface area (Å²) in [5, 5.41) is 4.67. The van der Waals surface area contributed by atoms with E-state index < -0.39 is 0 Å². The fourth-order valence-corrected chi connectivity index (χ4v) is 2.69. The molecule has 0 saturated heterocycles. The maximum absolute atomic E-state index is 5.96. The lowest BCUT2D eigenvalue weighted by Gasteiger charge is -2.07. The van der Waals surface area contributed by atoms with Gasteiger partial charge < -0.3 is 5.32 Å². The van der Waals surface area contributed by atoms with Crippen LogP contribution in [0.1, 0.15) is 26.7 Å². The Bertz CT molecular complexity index is 342. The zero-order valence-electron chi connectivity index (χ0n) is 10.3. The van der Waals surface area contributed by atoms with Crippen LogP contribution in [0.25, 0.3) is 0 Å². The van der Waals surface area contributed by atoms with Gasteiger partial charge in [0.2, 0.25) is 0 Å². The fourth-order valence-electron chi connectivity index (χ4n) is 1.37. The number of unbranched alkanes of at least 4 members (excludes halogenated alkanes) is 1. The molecular weight excluding hydrogens is 273 g/mol.